The minimum atomic E-state index is -0.863. The van der Waals surface area contributed by atoms with Crippen molar-refractivity contribution >= 4 is 5.91 Å². The molecule has 0 aliphatic rings. The smallest absolute Gasteiger partial charge is 0.220 e. The monoisotopic (exact) mass is 852 g/mol. The van der Waals surface area contributed by atoms with Crippen LogP contribution in [0.4, 0.5) is 0 Å². The van der Waals surface area contributed by atoms with Crippen molar-refractivity contribution in [3.05, 3.63) is 60.8 Å². The molecule has 0 rings (SSSR count). The van der Waals surface area contributed by atoms with Gasteiger partial charge in [-0.25, -0.2) is 0 Å². The summed E-state index contributed by atoms with van der Waals surface area (Å²) < 4.78 is 0. The van der Waals surface area contributed by atoms with Gasteiger partial charge in [-0.15, -0.1) is 0 Å². The number of hydrogen-bond acceptors (Lipinski definition) is 3. The summed E-state index contributed by atoms with van der Waals surface area (Å²) >= 11 is 0. The van der Waals surface area contributed by atoms with E-state index < -0.39 is 12.1 Å². The van der Waals surface area contributed by atoms with Gasteiger partial charge in [0.05, 0.1) is 18.8 Å². The van der Waals surface area contributed by atoms with Crippen molar-refractivity contribution < 1.29 is 15.0 Å². The highest BCUT2D eigenvalue weighted by molar-refractivity contribution is 5.76. The first-order valence-electron chi connectivity index (χ1n) is 27.0. The number of rotatable bonds is 49. The molecule has 0 heterocycles. The van der Waals surface area contributed by atoms with Crippen LogP contribution in [0.3, 0.4) is 0 Å². The highest BCUT2D eigenvalue weighted by atomic mass is 16.3. The second-order valence-corrected chi connectivity index (χ2v) is 18.3. The molecule has 0 aliphatic heterocycles. The third-order valence-corrected chi connectivity index (χ3v) is 12.2. The van der Waals surface area contributed by atoms with E-state index in [-0.39, 0.29) is 12.5 Å². The lowest BCUT2D eigenvalue weighted by molar-refractivity contribution is -0.123. The van der Waals surface area contributed by atoms with Crippen LogP contribution in [0.2, 0.25) is 0 Å². The molecule has 2 unspecified atom stereocenters. The van der Waals surface area contributed by atoms with Crippen molar-refractivity contribution in [2.75, 3.05) is 6.61 Å². The van der Waals surface area contributed by atoms with Gasteiger partial charge in [0, 0.05) is 6.42 Å². The van der Waals surface area contributed by atoms with Gasteiger partial charge in [0.1, 0.15) is 0 Å². The van der Waals surface area contributed by atoms with E-state index in [0.29, 0.717) is 6.42 Å². The van der Waals surface area contributed by atoms with Crippen molar-refractivity contribution in [3.63, 3.8) is 0 Å². The summed E-state index contributed by atoms with van der Waals surface area (Å²) in [4.78, 5) is 12.4. The fourth-order valence-corrected chi connectivity index (χ4v) is 8.09. The third kappa shape index (κ3) is 49.0. The van der Waals surface area contributed by atoms with Gasteiger partial charge >= 0.3 is 0 Å². The van der Waals surface area contributed by atoms with Gasteiger partial charge in [-0.3, -0.25) is 4.79 Å². The Labute approximate surface area is 381 Å². The minimum absolute atomic E-state index is 0.0726. The van der Waals surface area contributed by atoms with Gasteiger partial charge in [-0.2, -0.15) is 0 Å². The average Bonchev–Trinajstić information content (AvgIpc) is 3.26. The first-order chi connectivity index (χ1) is 30.2. The highest BCUT2D eigenvalue weighted by Gasteiger charge is 2.17. The number of hydrogen-bond donors (Lipinski definition) is 3. The maximum absolute atomic E-state index is 12.4. The van der Waals surface area contributed by atoms with E-state index in [2.05, 4.69) is 67.8 Å². The van der Waals surface area contributed by atoms with Crippen molar-refractivity contribution in [3.8, 4) is 0 Å². The predicted molar refractivity (Wildman–Crippen MR) is 271 cm³/mol. The number of amides is 1. The summed E-state index contributed by atoms with van der Waals surface area (Å²) in [5, 5.41) is 23.1. The summed E-state index contributed by atoms with van der Waals surface area (Å²) in [5.74, 6) is -0.0726. The second kappa shape index (κ2) is 52.4. The molecule has 4 nitrogen and oxygen atoms in total. The minimum Gasteiger partial charge on any atom is -0.394 e. The molecule has 3 N–H and O–H groups in total. The lowest BCUT2D eigenvalue weighted by Crippen LogP contribution is -2.45. The summed E-state index contributed by atoms with van der Waals surface area (Å²) in [6.45, 7) is 4.30. The number of aliphatic hydroxyl groups excluding tert-OH is 2. The lowest BCUT2D eigenvalue weighted by atomic mass is 10.0. The fourth-order valence-electron chi connectivity index (χ4n) is 8.09. The van der Waals surface area contributed by atoms with Gasteiger partial charge in [0.25, 0.3) is 0 Å². The molecule has 4 heteroatoms. The van der Waals surface area contributed by atoms with E-state index >= 15 is 0 Å². The van der Waals surface area contributed by atoms with E-state index in [1.165, 1.54) is 212 Å². The Kier molecular flexibility index (Phi) is 50.8. The van der Waals surface area contributed by atoms with Crippen LogP contribution >= 0.6 is 0 Å². The van der Waals surface area contributed by atoms with Crippen molar-refractivity contribution in [2.24, 2.45) is 0 Å². The molecule has 0 saturated carbocycles. The first-order valence-corrected chi connectivity index (χ1v) is 27.0. The Morgan fingerprint density at radius 1 is 0.393 bits per heavy atom. The zero-order chi connectivity index (χ0) is 44.2. The largest absolute Gasteiger partial charge is 0.394 e. The molecule has 1 amide bonds. The maximum Gasteiger partial charge on any atom is 0.220 e. The summed E-state index contributed by atoms with van der Waals surface area (Å²) in [7, 11) is 0. The van der Waals surface area contributed by atoms with Crippen LogP contribution < -0.4 is 5.32 Å². The first kappa shape index (κ1) is 59.1. The summed E-state index contributed by atoms with van der Waals surface area (Å²) in [6, 6.07) is -0.640. The lowest BCUT2D eigenvalue weighted by Gasteiger charge is -2.19. The molecule has 0 saturated heterocycles. The molecule has 61 heavy (non-hydrogen) atoms. The molecule has 0 fully saturated rings. The molecule has 356 valence electrons. The standard InChI is InChI=1S/C57H105NO3/c1-3-5-7-9-11-13-15-17-19-21-23-24-25-26-27-28-29-30-31-32-33-34-35-37-39-41-43-45-47-49-51-53-57(61)58-55(54-59)56(60)52-50-48-46-44-42-40-38-36-22-20-18-16-14-12-10-8-6-4-2/h15,17,21,23,25-26,42,44,50,52,55-56,59-60H,3-14,16,18-20,22,24,27-41,43,45-49,51,53-54H2,1-2H3,(H,58,61)/b17-15-,23-21-,26-25-,44-42+,52-50+. The summed E-state index contributed by atoms with van der Waals surface area (Å²) in [6.07, 6.45) is 73.7. The zero-order valence-electron chi connectivity index (χ0n) is 40.9. The number of carbonyl (C=O) groups excluding carboxylic acids is 1. The fraction of sp³-hybridized carbons (Fsp3) is 0.807. The molecule has 0 bridgehead atoms. The molecule has 0 aliphatic carbocycles. The number of aliphatic hydroxyl groups is 2. The Balaban J connectivity index is 3.52. The topological polar surface area (TPSA) is 69.6 Å². The third-order valence-electron chi connectivity index (χ3n) is 12.2. The summed E-state index contributed by atoms with van der Waals surface area (Å²) in [5.41, 5.74) is 0. The van der Waals surface area contributed by atoms with E-state index in [1.807, 2.05) is 6.08 Å². The second-order valence-electron chi connectivity index (χ2n) is 18.3. The molecular formula is C57H105NO3. The molecule has 0 radical (unpaired) electrons. The van der Waals surface area contributed by atoms with Crippen LogP contribution in [-0.2, 0) is 4.79 Å². The number of allylic oxidation sites excluding steroid dienone is 9. The molecular weight excluding hydrogens is 747 g/mol. The van der Waals surface area contributed by atoms with Crippen LogP contribution in [0.1, 0.15) is 277 Å². The van der Waals surface area contributed by atoms with Crippen molar-refractivity contribution in [1.82, 2.24) is 5.32 Å². The quantitative estimate of drug-likeness (QED) is 0.0422. The predicted octanol–water partition coefficient (Wildman–Crippen LogP) is 17.6. The van der Waals surface area contributed by atoms with Gasteiger partial charge in [-0.1, -0.05) is 261 Å². The van der Waals surface area contributed by atoms with Crippen LogP contribution in [0.5, 0.6) is 0 Å². The Morgan fingerprint density at radius 3 is 1.07 bits per heavy atom. The van der Waals surface area contributed by atoms with Crippen LogP contribution in [0.25, 0.3) is 0 Å². The maximum atomic E-state index is 12.4. The SMILES string of the molecule is CCCCCCC/C=C\C/C=C\C/C=C\CCCCCCCCCCCCCCCCCCC(=O)NC(CO)C(O)/C=C/CC/C=C/CCCCCCCCCCCCCC. The zero-order valence-corrected chi connectivity index (χ0v) is 40.9. The Morgan fingerprint density at radius 2 is 0.689 bits per heavy atom. The van der Waals surface area contributed by atoms with Gasteiger partial charge in [0.2, 0.25) is 5.91 Å². The van der Waals surface area contributed by atoms with Gasteiger partial charge in [0.15, 0.2) is 0 Å². The van der Waals surface area contributed by atoms with Gasteiger partial charge in [-0.05, 0) is 70.6 Å². The van der Waals surface area contributed by atoms with Crippen LogP contribution in [-0.4, -0.2) is 34.9 Å². The van der Waals surface area contributed by atoms with Crippen LogP contribution in [0.15, 0.2) is 60.8 Å². The van der Waals surface area contributed by atoms with E-state index in [4.69, 9.17) is 0 Å². The number of nitrogens with one attached hydrogen (secondary N) is 1. The van der Waals surface area contributed by atoms with Gasteiger partial charge < -0.3 is 15.5 Å². The molecule has 0 aromatic carbocycles. The van der Waals surface area contributed by atoms with Crippen molar-refractivity contribution in [1.29, 1.82) is 0 Å². The average molecular weight is 852 g/mol. The van der Waals surface area contributed by atoms with E-state index in [9.17, 15) is 15.0 Å². The number of unbranched alkanes of at least 4 members (excludes halogenated alkanes) is 34. The van der Waals surface area contributed by atoms with E-state index in [0.717, 1.165) is 44.9 Å². The van der Waals surface area contributed by atoms with Crippen molar-refractivity contribution in [2.45, 2.75) is 289 Å². The molecule has 0 aromatic rings. The Hall–Kier alpha value is -1.91. The normalized spacial score (nSPS) is 13.3. The molecule has 2 atom stereocenters. The van der Waals surface area contributed by atoms with Crippen LogP contribution in [0, 0.1) is 0 Å². The van der Waals surface area contributed by atoms with E-state index in [1.54, 1.807) is 6.08 Å². The highest BCUT2D eigenvalue weighted by Crippen LogP contribution is 2.16. The molecule has 0 spiro atoms. The Bertz CT molecular complexity index is 1010. The molecule has 0 aromatic heterocycles. The number of carbonyl (C=O) groups is 1.